The molecule has 1 heterocycles. The summed E-state index contributed by atoms with van der Waals surface area (Å²) in [5.74, 6) is 0. The number of aryl methyl sites for hydroxylation is 1. The van der Waals surface area contributed by atoms with Crippen molar-refractivity contribution in [2.75, 3.05) is 19.5 Å². The van der Waals surface area contributed by atoms with Crippen LogP contribution < -0.4 is 11.2 Å². The number of nitrogen functional groups attached to an aromatic ring is 1. The third-order valence-electron chi connectivity index (χ3n) is 1.83. The molecule has 14 heavy (non-hydrogen) atoms. The van der Waals surface area contributed by atoms with Gasteiger partial charge in [0.05, 0.1) is 10.2 Å². The number of rotatable bonds is 4. The number of halogens is 1. The average Bonchev–Trinajstić information content (AvgIpc) is 2.14. The lowest BCUT2D eigenvalue weighted by atomic mass is 10.4. The van der Waals surface area contributed by atoms with Gasteiger partial charge in [-0.2, -0.15) is 0 Å². The van der Waals surface area contributed by atoms with Crippen LogP contribution in [0.25, 0.3) is 0 Å². The van der Waals surface area contributed by atoms with Crippen molar-refractivity contribution in [1.29, 1.82) is 0 Å². The van der Waals surface area contributed by atoms with Gasteiger partial charge in [-0.15, -0.1) is 0 Å². The fourth-order valence-electron chi connectivity index (χ4n) is 1.14. The Bertz CT molecular complexity index is 336. The highest BCUT2D eigenvalue weighted by molar-refractivity contribution is 9.10. The van der Waals surface area contributed by atoms with Crippen LogP contribution >= 0.6 is 15.9 Å². The number of hydrogen-bond acceptors (Lipinski definition) is 3. The lowest BCUT2D eigenvalue weighted by Crippen LogP contribution is -2.13. The molecule has 0 aliphatic carbocycles. The van der Waals surface area contributed by atoms with Crippen molar-refractivity contribution in [3.63, 3.8) is 0 Å². The fraction of sp³-hybridized carbons (Fsp3) is 0.444. The second-order valence-corrected chi connectivity index (χ2v) is 3.83. The van der Waals surface area contributed by atoms with E-state index in [9.17, 15) is 4.79 Å². The van der Waals surface area contributed by atoms with Crippen LogP contribution in [0.15, 0.2) is 21.7 Å². The van der Waals surface area contributed by atoms with Crippen LogP contribution in [0.4, 0.5) is 5.69 Å². The third kappa shape index (κ3) is 2.85. The Labute approximate surface area is 90.8 Å². The molecule has 0 saturated carbocycles. The molecule has 0 bridgehead atoms. The van der Waals surface area contributed by atoms with Crippen LogP contribution in [0.5, 0.6) is 0 Å². The first-order chi connectivity index (χ1) is 6.65. The minimum absolute atomic E-state index is 0.159. The van der Waals surface area contributed by atoms with Crippen LogP contribution in [0, 0.1) is 0 Å². The smallest absolute Gasteiger partial charge is 0.218 e. The first-order valence-electron chi connectivity index (χ1n) is 4.29. The van der Waals surface area contributed by atoms with Crippen molar-refractivity contribution in [2.24, 2.45) is 0 Å². The van der Waals surface area contributed by atoms with Crippen LogP contribution in [0.1, 0.15) is 6.42 Å². The molecular formula is C9H13BrN2O2. The Morgan fingerprint density at radius 3 is 2.86 bits per heavy atom. The van der Waals surface area contributed by atoms with Crippen LogP contribution in [-0.2, 0) is 11.3 Å². The van der Waals surface area contributed by atoms with E-state index in [0.717, 1.165) is 13.0 Å². The molecule has 1 aromatic rings. The van der Waals surface area contributed by atoms with Crippen molar-refractivity contribution < 1.29 is 4.74 Å². The van der Waals surface area contributed by atoms with Gasteiger partial charge in [-0.1, -0.05) is 0 Å². The van der Waals surface area contributed by atoms with Gasteiger partial charge in [0.1, 0.15) is 0 Å². The summed E-state index contributed by atoms with van der Waals surface area (Å²) >= 11 is 3.16. The van der Waals surface area contributed by atoms with Gasteiger partial charge in [0.25, 0.3) is 0 Å². The Morgan fingerprint density at radius 2 is 2.29 bits per heavy atom. The van der Waals surface area contributed by atoms with E-state index in [0.29, 0.717) is 11.1 Å². The molecule has 78 valence electrons. The Kier molecular flexibility index (Phi) is 4.16. The Hall–Kier alpha value is -0.810. The van der Waals surface area contributed by atoms with Gasteiger partial charge in [0, 0.05) is 32.7 Å². The topological polar surface area (TPSA) is 57.2 Å². The number of hydrogen-bond donors (Lipinski definition) is 1. The first kappa shape index (κ1) is 11.3. The van der Waals surface area contributed by atoms with E-state index < -0.39 is 0 Å². The summed E-state index contributed by atoms with van der Waals surface area (Å²) in [7, 11) is 1.66. The molecule has 2 N–H and O–H groups in total. The van der Waals surface area contributed by atoms with E-state index >= 15 is 0 Å². The molecule has 5 heteroatoms. The molecule has 0 aliphatic rings. The zero-order valence-electron chi connectivity index (χ0n) is 8.00. The predicted molar refractivity (Wildman–Crippen MR) is 59.3 cm³/mol. The molecule has 0 fully saturated rings. The van der Waals surface area contributed by atoms with Crippen molar-refractivity contribution >= 4 is 21.6 Å². The molecule has 0 atom stereocenters. The minimum atomic E-state index is -0.159. The van der Waals surface area contributed by atoms with Crippen molar-refractivity contribution in [3.05, 3.63) is 27.1 Å². The maximum absolute atomic E-state index is 11.2. The van der Waals surface area contributed by atoms with Crippen molar-refractivity contribution in [3.8, 4) is 0 Å². The number of nitrogens with two attached hydrogens (primary N) is 1. The molecule has 0 radical (unpaired) electrons. The van der Waals surface area contributed by atoms with E-state index in [4.69, 9.17) is 10.5 Å². The summed E-state index contributed by atoms with van der Waals surface area (Å²) in [6.45, 7) is 1.49. The van der Waals surface area contributed by atoms with Gasteiger partial charge in [0.2, 0.25) is 5.43 Å². The quantitative estimate of drug-likeness (QED) is 0.829. The van der Waals surface area contributed by atoms with Crippen LogP contribution in [0.3, 0.4) is 0 Å². The molecule has 1 rings (SSSR count). The zero-order valence-corrected chi connectivity index (χ0v) is 9.58. The van der Waals surface area contributed by atoms with E-state index in [1.807, 2.05) is 4.57 Å². The van der Waals surface area contributed by atoms with Gasteiger partial charge in [-0.3, -0.25) is 4.79 Å². The van der Waals surface area contributed by atoms with Gasteiger partial charge in [-0.05, 0) is 22.4 Å². The molecule has 0 spiro atoms. The molecule has 1 aromatic heterocycles. The monoisotopic (exact) mass is 260 g/mol. The van der Waals surface area contributed by atoms with Gasteiger partial charge in [-0.25, -0.2) is 0 Å². The van der Waals surface area contributed by atoms with Gasteiger partial charge >= 0.3 is 0 Å². The van der Waals surface area contributed by atoms with Gasteiger partial charge in [0.15, 0.2) is 0 Å². The lowest BCUT2D eigenvalue weighted by molar-refractivity contribution is 0.190. The summed E-state index contributed by atoms with van der Waals surface area (Å²) in [4.78, 5) is 11.2. The Morgan fingerprint density at radius 1 is 1.57 bits per heavy atom. The van der Waals surface area contributed by atoms with E-state index in [2.05, 4.69) is 15.9 Å². The molecule has 4 nitrogen and oxygen atoms in total. The number of nitrogens with zero attached hydrogens (tertiary/aromatic N) is 1. The fourth-order valence-corrected chi connectivity index (χ4v) is 1.63. The first-order valence-corrected chi connectivity index (χ1v) is 5.08. The molecule has 0 amide bonds. The number of pyridine rings is 1. The highest BCUT2D eigenvalue weighted by atomic mass is 79.9. The number of aromatic nitrogens is 1. The highest BCUT2D eigenvalue weighted by Gasteiger charge is 2.01. The third-order valence-corrected chi connectivity index (χ3v) is 2.39. The lowest BCUT2D eigenvalue weighted by Gasteiger charge is -2.07. The normalized spacial score (nSPS) is 10.4. The molecule has 0 aromatic carbocycles. The second kappa shape index (κ2) is 5.17. The summed E-state index contributed by atoms with van der Waals surface area (Å²) in [5.41, 5.74) is 5.63. The predicted octanol–water partition coefficient (Wildman–Crippen LogP) is 1.23. The summed E-state index contributed by atoms with van der Waals surface area (Å²) in [6.07, 6.45) is 4.27. The van der Waals surface area contributed by atoms with E-state index in [-0.39, 0.29) is 11.1 Å². The largest absolute Gasteiger partial charge is 0.394 e. The van der Waals surface area contributed by atoms with Crippen LogP contribution in [-0.4, -0.2) is 18.3 Å². The molecule has 0 unspecified atom stereocenters. The highest BCUT2D eigenvalue weighted by Crippen LogP contribution is 2.06. The van der Waals surface area contributed by atoms with Crippen molar-refractivity contribution in [2.45, 2.75) is 13.0 Å². The summed E-state index contributed by atoms with van der Waals surface area (Å²) in [5, 5.41) is 0. The van der Waals surface area contributed by atoms with E-state index in [1.165, 1.54) is 0 Å². The maximum Gasteiger partial charge on any atom is 0.218 e. The number of ether oxygens (including phenoxy) is 1. The van der Waals surface area contributed by atoms with Crippen LogP contribution in [0.2, 0.25) is 0 Å². The number of methoxy groups -OCH3 is 1. The second-order valence-electron chi connectivity index (χ2n) is 2.97. The molecule has 0 saturated heterocycles. The van der Waals surface area contributed by atoms with Gasteiger partial charge < -0.3 is 15.0 Å². The molecule has 0 aliphatic heterocycles. The SMILES string of the molecule is COCCCn1cc(N)c(=O)c(Br)c1. The van der Waals surface area contributed by atoms with Crippen molar-refractivity contribution in [1.82, 2.24) is 4.57 Å². The zero-order chi connectivity index (χ0) is 10.6. The summed E-state index contributed by atoms with van der Waals surface area (Å²) < 4.78 is 7.30. The maximum atomic E-state index is 11.2. The Balaban J connectivity index is 2.74. The average molecular weight is 261 g/mol. The van der Waals surface area contributed by atoms with E-state index in [1.54, 1.807) is 19.5 Å². The molecular weight excluding hydrogens is 248 g/mol. The number of anilines is 1. The minimum Gasteiger partial charge on any atom is -0.394 e. The standard InChI is InChI=1S/C9H13BrN2O2/c1-14-4-2-3-12-5-7(10)9(13)8(11)6-12/h5-6H,2-4,11H2,1H3. The summed E-state index contributed by atoms with van der Waals surface area (Å²) in [6, 6.07) is 0.